The van der Waals surface area contributed by atoms with Gasteiger partial charge in [-0.25, -0.2) is 3.11 Å². The smallest absolute Gasteiger partial charge is 0.0553 e. The number of rotatable bonds is 0. The van der Waals surface area contributed by atoms with Gasteiger partial charge in [-0.2, -0.15) is 0 Å². The van der Waals surface area contributed by atoms with Gasteiger partial charge in [0, 0.05) is 36.0 Å². The predicted octanol–water partition coefficient (Wildman–Crippen LogP) is 1.18. The van der Waals surface area contributed by atoms with Crippen molar-refractivity contribution in [2.24, 2.45) is 0 Å². The minimum absolute atomic E-state index is 0.0373. The van der Waals surface area contributed by atoms with Crippen LogP contribution in [0, 0.1) is 0 Å². The lowest BCUT2D eigenvalue weighted by molar-refractivity contribution is 0.160. The van der Waals surface area contributed by atoms with Gasteiger partial charge in [0.2, 0.25) is 0 Å². The van der Waals surface area contributed by atoms with Crippen LogP contribution in [0.5, 0.6) is 0 Å². The lowest BCUT2D eigenvalue weighted by Gasteiger charge is -2.08. The third-order valence-corrected chi connectivity index (χ3v) is 2.61. The molecule has 0 aliphatic carbocycles. The van der Waals surface area contributed by atoms with E-state index in [1.807, 2.05) is 0 Å². The molecule has 3 heteroatoms. The minimum atomic E-state index is -0.0373. The SMILES string of the molecule is O[C@H]1CCCN(I)CC1. The number of halogens is 1. The average Bonchev–Trinajstić information content (AvgIpc) is 1.97. The monoisotopic (exact) mass is 241 g/mol. The van der Waals surface area contributed by atoms with Gasteiger partial charge in [-0.05, 0) is 19.3 Å². The standard InChI is InChI=1S/C6H12INO/c7-8-4-1-2-6(9)3-5-8/h6,9H,1-5H2/t6-/m0/s1. The lowest BCUT2D eigenvalue weighted by Crippen LogP contribution is -2.12. The van der Waals surface area contributed by atoms with Gasteiger partial charge >= 0.3 is 0 Å². The summed E-state index contributed by atoms with van der Waals surface area (Å²) in [7, 11) is 0. The Kier molecular flexibility index (Phi) is 3.21. The molecule has 0 radical (unpaired) electrons. The summed E-state index contributed by atoms with van der Waals surface area (Å²) in [5.41, 5.74) is 0. The van der Waals surface area contributed by atoms with E-state index in [2.05, 4.69) is 26.0 Å². The molecule has 0 aromatic rings. The van der Waals surface area contributed by atoms with Crippen LogP contribution < -0.4 is 0 Å². The largest absolute Gasteiger partial charge is 0.393 e. The van der Waals surface area contributed by atoms with E-state index >= 15 is 0 Å². The zero-order valence-corrected chi connectivity index (χ0v) is 7.54. The molecule has 1 heterocycles. The van der Waals surface area contributed by atoms with Gasteiger partial charge in [-0.3, -0.25) is 0 Å². The van der Waals surface area contributed by atoms with Crippen LogP contribution in [0.4, 0.5) is 0 Å². The molecular weight excluding hydrogens is 229 g/mol. The van der Waals surface area contributed by atoms with Crippen LogP contribution in [-0.4, -0.2) is 27.4 Å². The molecular formula is C6H12INO. The predicted molar refractivity (Wildman–Crippen MR) is 45.5 cm³/mol. The van der Waals surface area contributed by atoms with Crippen molar-refractivity contribution in [2.75, 3.05) is 13.1 Å². The fourth-order valence-corrected chi connectivity index (χ4v) is 1.66. The molecule has 0 amide bonds. The first-order chi connectivity index (χ1) is 4.29. The minimum Gasteiger partial charge on any atom is -0.393 e. The summed E-state index contributed by atoms with van der Waals surface area (Å²) >= 11 is 2.31. The Hall–Kier alpha value is 0.650. The highest BCUT2D eigenvalue weighted by Crippen LogP contribution is 2.13. The van der Waals surface area contributed by atoms with Crippen LogP contribution >= 0.6 is 22.9 Å². The first-order valence-corrected chi connectivity index (χ1v) is 4.34. The number of hydrogen-bond acceptors (Lipinski definition) is 2. The Bertz CT molecular complexity index is 79.1. The second-order valence-corrected chi connectivity index (χ2v) is 3.86. The van der Waals surface area contributed by atoms with Crippen LogP contribution in [-0.2, 0) is 0 Å². The number of aliphatic hydroxyl groups excluding tert-OH is 1. The van der Waals surface area contributed by atoms with Crippen LogP contribution in [0.15, 0.2) is 0 Å². The van der Waals surface area contributed by atoms with Crippen molar-refractivity contribution < 1.29 is 5.11 Å². The van der Waals surface area contributed by atoms with E-state index in [0.29, 0.717) is 0 Å². The topological polar surface area (TPSA) is 23.5 Å². The average molecular weight is 241 g/mol. The van der Waals surface area contributed by atoms with Crippen LogP contribution in [0.2, 0.25) is 0 Å². The van der Waals surface area contributed by atoms with Gasteiger partial charge < -0.3 is 5.11 Å². The molecule has 0 bridgehead atoms. The highest BCUT2D eigenvalue weighted by molar-refractivity contribution is 14.1. The molecule has 0 aromatic carbocycles. The summed E-state index contributed by atoms with van der Waals surface area (Å²) in [6.45, 7) is 2.18. The fraction of sp³-hybridized carbons (Fsp3) is 1.00. The maximum Gasteiger partial charge on any atom is 0.0553 e. The normalized spacial score (nSPS) is 32.0. The Morgan fingerprint density at radius 3 is 2.89 bits per heavy atom. The van der Waals surface area contributed by atoms with E-state index in [9.17, 15) is 5.11 Å². The number of hydrogen-bond donors (Lipinski definition) is 1. The third-order valence-electron chi connectivity index (χ3n) is 1.64. The Labute approximate surface area is 69.7 Å². The molecule has 1 saturated heterocycles. The molecule has 1 aliphatic heterocycles. The van der Waals surface area contributed by atoms with Crippen molar-refractivity contribution >= 4 is 22.9 Å². The summed E-state index contributed by atoms with van der Waals surface area (Å²) in [6, 6.07) is 0. The second kappa shape index (κ2) is 3.73. The van der Waals surface area contributed by atoms with Crippen molar-refractivity contribution in [3.05, 3.63) is 0 Å². The highest BCUT2D eigenvalue weighted by atomic mass is 127. The summed E-state index contributed by atoms with van der Waals surface area (Å²) in [4.78, 5) is 0. The molecule has 1 rings (SSSR count). The number of nitrogens with zero attached hydrogens (tertiary/aromatic N) is 1. The summed E-state index contributed by atoms with van der Waals surface area (Å²) < 4.78 is 2.24. The first kappa shape index (κ1) is 7.75. The van der Waals surface area contributed by atoms with Crippen molar-refractivity contribution in [3.8, 4) is 0 Å². The van der Waals surface area contributed by atoms with Gasteiger partial charge in [0.1, 0.15) is 0 Å². The Balaban J connectivity index is 2.25. The van der Waals surface area contributed by atoms with Gasteiger partial charge in [-0.1, -0.05) is 0 Å². The maximum atomic E-state index is 9.18. The van der Waals surface area contributed by atoms with Crippen molar-refractivity contribution in [2.45, 2.75) is 25.4 Å². The summed E-state index contributed by atoms with van der Waals surface area (Å²) in [5, 5.41) is 9.18. The van der Waals surface area contributed by atoms with Gasteiger partial charge in [0.15, 0.2) is 0 Å². The van der Waals surface area contributed by atoms with E-state index < -0.39 is 0 Å². The summed E-state index contributed by atoms with van der Waals surface area (Å²) in [6.07, 6.45) is 3.04. The van der Waals surface area contributed by atoms with Crippen molar-refractivity contribution in [1.82, 2.24) is 3.11 Å². The lowest BCUT2D eigenvalue weighted by atomic mass is 10.2. The first-order valence-electron chi connectivity index (χ1n) is 3.38. The molecule has 1 N–H and O–H groups in total. The molecule has 9 heavy (non-hydrogen) atoms. The Morgan fingerprint density at radius 2 is 2.11 bits per heavy atom. The van der Waals surface area contributed by atoms with Gasteiger partial charge in [0.25, 0.3) is 0 Å². The van der Waals surface area contributed by atoms with Crippen LogP contribution in [0.3, 0.4) is 0 Å². The molecule has 54 valence electrons. The van der Waals surface area contributed by atoms with E-state index in [-0.39, 0.29) is 6.10 Å². The van der Waals surface area contributed by atoms with E-state index in [1.165, 1.54) is 0 Å². The van der Waals surface area contributed by atoms with Gasteiger partial charge in [0.05, 0.1) is 6.10 Å². The molecule has 1 fully saturated rings. The molecule has 2 nitrogen and oxygen atoms in total. The molecule has 1 aliphatic rings. The third kappa shape index (κ3) is 2.82. The molecule has 0 spiro atoms. The van der Waals surface area contributed by atoms with E-state index in [4.69, 9.17) is 0 Å². The fourth-order valence-electron chi connectivity index (χ4n) is 1.04. The molecule has 1 atom stereocenters. The second-order valence-electron chi connectivity index (χ2n) is 2.49. The zero-order valence-electron chi connectivity index (χ0n) is 5.39. The van der Waals surface area contributed by atoms with Crippen molar-refractivity contribution in [1.29, 1.82) is 0 Å². The van der Waals surface area contributed by atoms with E-state index in [1.54, 1.807) is 0 Å². The van der Waals surface area contributed by atoms with Crippen LogP contribution in [0.25, 0.3) is 0 Å². The van der Waals surface area contributed by atoms with Crippen molar-refractivity contribution in [3.63, 3.8) is 0 Å². The zero-order chi connectivity index (χ0) is 6.69. The molecule has 0 saturated carbocycles. The van der Waals surface area contributed by atoms with Crippen LogP contribution in [0.1, 0.15) is 19.3 Å². The molecule has 0 aromatic heterocycles. The molecule has 0 unspecified atom stereocenters. The maximum absolute atomic E-state index is 9.18. The van der Waals surface area contributed by atoms with E-state index in [0.717, 1.165) is 32.4 Å². The number of aliphatic hydroxyl groups is 1. The summed E-state index contributed by atoms with van der Waals surface area (Å²) in [5.74, 6) is 0. The highest BCUT2D eigenvalue weighted by Gasteiger charge is 2.11. The quantitative estimate of drug-likeness (QED) is 0.508. The van der Waals surface area contributed by atoms with Gasteiger partial charge in [-0.15, -0.1) is 0 Å². The Morgan fingerprint density at radius 1 is 1.33 bits per heavy atom.